The fourth-order valence-electron chi connectivity index (χ4n) is 1.16. The average molecular weight is 194 g/mol. The Morgan fingerprint density at radius 3 is 2.50 bits per heavy atom. The Morgan fingerprint density at radius 2 is 2.07 bits per heavy atom. The molecule has 0 fully saturated rings. The molecule has 0 atom stereocenters. The molecule has 0 saturated carbocycles. The summed E-state index contributed by atoms with van der Waals surface area (Å²) >= 11 is 0. The molecule has 0 radical (unpaired) electrons. The molecule has 0 unspecified atom stereocenters. The van der Waals surface area contributed by atoms with Crippen molar-refractivity contribution in [2.24, 2.45) is 0 Å². The summed E-state index contributed by atoms with van der Waals surface area (Å²) in [6.45, 7) is 1.41. The first-order valence-corrected chi connectivity index (χ1v) is 4.11. The second kappa shape index (κ2) is 4.26. The monoisotopic (exact) mass is 194 g/mol. The fraction of sp³-hybridized carbons (Fsp3) is 0.222. The number of carbonyl (C=O) groups is 1. The van der Waals surface area contributed by atoms with Crippen molar-refractivity contribution in [1.29, 1.82) is 0 Å². The normalized spacial score (nSPS) is 9.71. The molecule has 0 heterocycles. The van der Waals surface area contributed by atoms with Crippen LogP contribution in [0.2, 0.25) is 0 Å². The Labute approximate surface area is 82.3 Å². The van der Waals surface area contributed by atoms with Gasteiger partial charge in [0.15, 0.2) is 5.78 Å². The first-order chi connectivity index (χ1) is 6.56. The third-order valence-corrected chi connectivity index (χ3v) is 1.91. The van der Waals surface area contributed by atoms with E-state index in [1.165, 1.54) is 26.2 Å². The summed E-state index contributed by atoms with van der Waals surface area (Å²) in [5, 5.41) is 18.0. The highest BCUT2D eigenvalue weighted by Gasteiger charge is 2.18. The summed E-state index contributed by atoms with van der Waals surface area (Å²) in [6, 6.07) is 4.52. The topological polar surface area (TPSA) is 66.8 Å². The van der Waals surface area contributed by atoms with Crippen molar-refractivity contribution in [2.45, 2.75) is 6.92 Å². The number of hydrogen-bond donors (Lipinski definition) is 2. The van der Waals surface area contributed by atoms with Gasteiger partial charge in [-0.25, -0.2) is 0 Å². The minimum absolute atomic E-state index is 0.130. The summed E-state index contributed by atoms with van der Waals surface area (Å²) < 4.78 is 4.91. The predicted octanol–water partition coefficient (Wildman–Crippen LogP) is -0.422. The molecule has 0 bridgehead atoms. The second-order valence-electron chi connectivity index (χ2n) is 2.89. The van der Waals surface area contributed by atoms with Crippen molar-refractivity contribution in [3.05, 3.63) is 23.8 Å². The third kappa shape index (κ3) is 2.13. The summed E-state index contributed by atoms with van der Waals surface area (Å²) in [5.41, 5.74) is 0.620. The Kier molecular flexibility index (Phi) is 3.27. The quantitative estimate of drug-likeness (QED) is 0.506. The Balaban J connectivity index is 3.20. The van der Waals surface area contributed by atoms with Crippen LogP contribution in [0.4, 0.5) is 0 Å². The largest absolute Gasteiger partial charge is 0.497 e. The van der Waals surface area contributed by atoms with Crippen LogP contribution in [-0.2, 0) is 0 Å². The van der Waals surface area contributed by atoms with Gasteiger partial charge in [0.1, 0.15) is 5.75 Å². The molecule has 1 aromatic carbocycles. The van der Waals surface area contributed by atoms with Crippen molar-refractivity contribution in [3.63, 3.8) is 0 Å². The molecule has 0 aliphatic heterocycles. The third-order valence-electron chi connectivity index (χ3n) is 1.91. The van der Waals surface area contributed by atoms with E-state index in [0.29, 0.717) is 11.3 Å². The Bertz CT molecular complexity index is 349. The number of ether oxygens (including phenoxy) is 1. The minimum Gasteiger partial charge on any atom is -0.497 e. The molecule has 1 rings (SSSR count). The van der Waals surface area contributed by atoms with Crippen LogP contribution in [0.25, 0.3) is 0 Å². The molecule has 1 aromatic rings. The second-order valence-corrected chi connectivity index (χ2v) is 2.89. The van der Waals surface area contributed by atoms with E-state index >= 15 is 0 Å². The van der Waals surface area contributed by atoms with Gasteiger partial charge in [-0.15, -0.1) is 0 Å². The smallest absolute Gasteiger partial charge is 0.492 e. The van der Waals surface area contributed by atoms with Crippen LogP contribution in [0.5, 0.6) is 5.75 Å². The number of hydrogen-bond acceptors (Lipinski definition) is 4. The van der Waals surface area contributed by atoms with Crippen LogP contribution in [0, 0.1) is 0 Å². The Hall–Kier alpha value is -1.33. The van der Waals surface area contributed by atoms with Gasteiger partial charge in [0.2, 0.25) is 0 Å². The SMILES string of the molecule is COc1ccc(C(C)=O)cc1B(O)O. The van der Waals surface area contributed by atoms with Crippen LogP contribution in [0.3, 0.4) is 0 Å². The minimum atomic E-state index is -1.63. The first kappa shape index (κ1) is 10.8. The molecular weight excluding hydrogens is 183 g/mol. The van der Waals surface area contributed by atoms with Gasteiger partial charge in [-0.3, -0.25) is 4.79 Å². The van der Waals surface area contributed by atoms with E-state index in [1.807, 2.05) is 0 Å². The molecule has 4 nitrogen and oxygen atoms in total. The number of carbonyl (C=O) groups excluding carboxylic acids is 1. The lowest BCUT2D eigenvalue weighted by molar-refractivity contribution is 0.101. The van der Waals surface area contributed by atoms with Gasteiger partial charge >= 0.3 is 7.12 Å². The molecule has 0 aliphatic rings. The van der Waals surface area contributed by atoms with Crippen LogP contribution >= 0.6 is 0 Å². The maximum absolute atomic E-state index is 11.0. The lowest BCUT2D eigenvalue weighted by Crippen LogP contribution is -2.31. The van der Waals surface area contributed by atoms with E-state index < -0.39 is 7.12 Å². The number of Topliss-reactive ketones (excluding diaryl/α,β-unsaturated/α-hetero) is 1. The molecule has 2 N–H and O–H groups in total. The Morgan fingerprint density at radius 1 is 1.43 bits per heavy atom. The summed E-state index contributed by atoms with van der Waals surface area (Å²) in [5.74, 6) is 0.222. The summed E-state index contributed by atoms with van der Waals surface area (Å²) in [4.78, 5) is 11.0. The molecule has 0 spiro atoms. The van der Waals surface area contributed by atoms with Crippen molar-refractivity contribution in [1.82, 2.24) is 0 Å². The van der Waals surface area contributed by atoms with Crippen molar-refractivity contribution < 1.29 is 19.6 Å². The van der Waals surface area contributed by atoms with E-state index in [9.17, 15) is 4.79 Å². The van der Waals surface area contributed by atoms with Gasteiger partial charge in [-0.2, -0.15) is 0 Å². The molecule has 14 heavy (non-hydrogen) atoms. The zero-order chi connectivity index (χ0) is 10.7. The lowest BCUT2D eigenvalue weighted by atomic mass is 9.78. The molecule has 0 amide bonds. The number of benzene rings is 1. The molecular formula is C9H11BO4. The summed E-state index contributed by atoms with van der Waals surface area (Å²) in [6.07, 6.45) is 0. The molecule has 0 saturated heterocycles. The highest BCUT2D eigenvalue weighted by atomic mass is 16.5. The molecule has 0 aliphatic carbocycles. The number of ketones is 1. The number of rotatable bonds is 3. The van der Waals surface area contributed by atoms with E-state index in [2.05, 4.69) is 0 Å². The van der Waals surface area contributed by atoms with Gasteiger partial charge in [0.25, 0.3) is 0 Å². The molecule has 74 valence electrons. The first-order valence-electron chi connectivity index (χ1n) is 4.11. The van der Waals surface area contributed by atoms with Gasteiger partial charge < -0.3 is 14.8 Å². The maximum atomic E-state index is 11.0. The molecule has 5 heteroatoms. The zero-order valence-corrected chi connectivity index (χ0v) is 8.02. The standard InChI is InChI=1S/C9H11BO4/c1-6(11)7-3-4-9(14-2)8(5-7)10(12)13/h3-5,12-13H,1-2H3. The van der Waals surface area contributed by atoms with Crippen LogP contribution in [0.1, 0.15) is 17.3 Å². The zero-order valence-electron chi connectivity index (χ0n) is 8.02. The van der Waals surface area contributed by atoms with Crippen LogP contribution in [0.15, 0.2) is 18.2 Å². The van der Waals surface area contributed by atoms with Crippen LogP contribution in [-0.4, -0.2) is 30.1 Å². The van der Waals surface area contributed by atoms with Crippen LogP contribution < -0.4 is 10.2 Å². The van der Waals surface area contributed by atoms with Gasteiger partial charge in [0.05, 0.1) is 7.11 Å². The van der Waals surface area contributed by atoms with Gasteiger partial charge in [-0.05, 0) is 25.1 Å². The highest BCUT2D eigenvalue weighted by molar-refractivity contribution is 6.59. The van der Waals surface area contributed by atoms with E-state index in [1.54, 1.807) is 6.07 Å². The predicted molar refractivity (Wildman–Crippen MR) is 52.8 cm³/mol. The fourth-order valence-corrected chi connectivity index (χ4v) is 1.16. The lowest BCUT2D eigenvalue weighted by Gasteiger charge is -2.08. The van der Waals surface area contributed by atoms with E-state index in [4.69, 9.17) is 14.8 Å². The van der Waals surface area contributed by atoms with Gasteiger partial charge in [0, 0.05) is 11.0 Å². The van der Waals surface area contributed by atoms with Crippen molar-refractivity contribution in [2.75, 3.05) is 7.11 Å². The van der Waals surface area contributed by atoms with E-state index in [0.717, 1.165) is 0 Å². The maximum Gasteiger partial charge on any atom is 0.492 e. The van der Waals surface area contributed by atoms with Crippen molar-refractivity contribution in [3.8, 4) is 5.75 Å². The van der Waals surface area contributed by atoms with E-state index in [-0.39, 0.29) is 11.2 Å². The summed E-state index contributed by atoms with van der Waals surface area (Å²) in [7, 11) is -0.210. The average Bonchev–Trinajstić information content (AvgIpc) is 2.16. The highest BCUT2D eigenvalue weighted by Crippen LogP contribution is 2.10. The van der Waals surface area contributed by atoms with Gasteiger partial charge in [-0.1, -0.05) is 0 Å². The number of methoxy groups -OCH3 is 1. The van der Waals surface area contributed by atoms with Crippen molar-refractivity contribution >= 4 is 18.4 Å². The molecule has 0 aromatic heterocycles.